The molecule has 0 spiro atoms. The van der Waals surface area contributed by atoms with Crippen molar-refractivity contribution in [2.24, 2.45) is 5.73 Å². The highest BCUT2D eigenvalue weighted by Crippen LogP contribution is 2.11. The average Bonchev–Trinajstić information content (AvgIpc) is 2.46. The van der Waals surface area contributed by atoms with Gasteiger partial charge in [0.25, 0.3) is 0 Å². The highest BCUT2D eigenvalue weighted by atomic mass is 32.1. The van der Waals surface area contributed by atoms with Gasteiger partial charge in [-0.15, -0.1) is 0 Å². The van der Waals surface area contributed by atoms with E-state index in [1.165, 1.54) is 0 Å². The Hall–Kier alpha value is -0.760. The molecule has 1 amide bonds. The first-order chi connectivity index (χ1) is 10.1. The van der Waals surface area contributed by atoms with E-state index in [0.717, 1.165) is 39.0 Å². The molecule has 0 radical (unpaired) electrons. The molecule has 0 aromatic rings. The van der Waals surface area contributed by atoms with Gasteiger partial charge in [-0.2, -0.15) is 0 Å². The second-order valence-electron chi connectivity index (χ2n) is 5.36. The quantitative estimate of drug-likeness (QED) is 0.454. The zero-order chi connectivity index (χ0) is 15.7. The molecule has 122 valence electrons. The minimum atomic E-state index is 0.0555. The van der Waals surface area contributed by atoms with Gasteiger partial charge in [-0.3, -0.25) is 14.6 Å². The van der Waals surface area contributed by atoms with Gasteiger partial charge in [-0.05, 0) is 6.42 Å². The van der Waals surface area contributed by atoms with E-state index in [4.69, 9.17) is 22.7 Å². The molecular weight excluding hydrogens is 288 g/mol. The highest BCUT2D eigenvalue weighted by molar-refractivity contribution is 7.80. The normalized spacial score (nSPS) is 18.4. The van der Waals surface area contributed by atoms with Crippen LogP contribution in [-0.4, -0.2) is 79.7 Å². The molecule has 0 aromatic heterocycles. The van der Waals surface area contributed by atoms with Crippen LogP contribution in [0, 0.1) is 0 Å². The Labute approximate surface area is 133 Å². The predicted octanol–water partition coefficient (Wildman–Crippen LogP) is -0.179. The number of methoxy groups -OCH3 is 1. The lowest BCUT2D eigenvalue weighted by atomic mass is 10.1. The number of nitrogens with two attached hydrogens (primary N) is 1. The van der Waals surface area contributed by atoms with Gasteiger partial charge in [0.1, 0.15) is 0 Å². The molecule has 1 rings (SSSR count). The molecule has 1 saturated heterocycles. The number of thiocarbonyl (C=S) groups is 1. The summed E-state index contributed by atoms with van der Waals surface area (Å²) in [6, 6.07) is 0.197. The summed E-state index contributed by atoms with van der Waals surface area (Å²) in [5.74, 6) is 0.0555. The van der Waals surface area contributed by atoms with E-state index in [0.29, 0.717) is 24.7 Å². The molecule has 0 aromatic carbocycles. The number of carbonyl (C=O) groups excluding carboxylic acids is 1. The van der Waals surface area contributed by atoms with Crippen molar-refractivity contribution < 1.29 is 9.53 Å². The van der Waals surface area contributed by atoms with Gasteiger partial charge in [-0.25, -0.2) is 0 Å². The zero-order valence-corrected chi connectivity index (χ0v) is 14.0. The van der Waals surface area contributed by atoms with Crippen LogP contribution in [0.15, 0.2) is 0 Å². The molecule has 0 bridgehead atoms. The molecule has 1 fully saturated rings. The maximum absolute atomic E-state index is 11.7. The lowest BCUT2D eigenvalue weighted by Crippen LogP contribution is -2.55. The molecule has 0 aliphatic carbocycles. The Morgan fingerprint density at radius 2 is 2.05 bits per heavy atom. The summed E-state index contributed by atoms with van der Waals surface area (Å²) in [5, 5.41) is 2.84. The van der Waals surface area contributed by atoms with Crippen molar-refractivity contribution in [2.75, 3.05) is 53.0 Å². The Bertz CT molecular complexity index is 333. The summed E-state index contributed by atoms with van der Waals surface area (Å²) < 4.78 is 4.91. The Morgan fingerprint density at radius 1 is 1.38 bits per heavy atom. The zero-order valence-electron chi connectivity index (χ0n) is 13.1. The number of rotatable bonds is 9. The van der Waals surface area contributed by atoms with E-state index >= 15 is 0 Å². The van der Waals surface area contributed by atoms with E-state index in [-0.39, 0.29) is 11.9 Å². The number of piperazine rings is 1. The molecule has 3 N–H and O–H groups in total. The monoisotopic (exact) mass is 316 g/mol. The molecular formula is C14H28N4O2S. The number of carbonyl (C=O) groups is 1. The first-order valence-electron chi connectivity index (χ1n) is 7.59. The molecule has 1 aliphatic heterocycles. The van der Waals surface area contributed by atoms with Crippen molar-refractivity contribution in [3.63, 3.8) is 0 Å². The van der Waals surface area contributed by atoms with Crippen molar-refractivity contribution in [1.82, 2.24) is 15.1 Å². The predicted molar refractivity (Wildman–Crippen MR) is 88.4 cm³/mol. The summed E-state index contributed by atoms with van der Waals surface area (Å²) in [5.41, 5.74) is 5.84. The van der Waals surface area contributed by atoms with Crippen LogP contribution >= 0.6 is 12.2 Å². The van der Waals surface area contributed by atoms with Crippen LogP contribution in [0.5, 0.6) is 0 Å². The van der Waals surface area contributed by atoms with E-state index in [1.54, 1.807) is 7.11 Å². The number of nitrogens with one attached hydrogen (secondary N) is 1. The largest absolute Gasteiger partial charge is 0.392 e. The van der Waals surface area contributed by atoms with Crippen LogP contribution < -0.4 is 11.1 Å². The third-order valence-corrected chi connectivity index (χ3v) is 4.01. The lowest BCUT2D eigenvalue weighted by Gasteiger charge is -2.38. The van der Waals surface area contributed by atoms with Crippen LogP contribution in [0.1, 0.15) is 19.8 Å². The Balaban J connectivity index is 2.31. The first-order valence-corrected chi connectivity index (χ1v) is 8.00. The van der Waals surface area contributed by atoms with Gasteiger partial charge in [-0.1, -0.05) is 25.6 Å². The van der Waals surface area contributed by atoms with Crippen LogP contribution in [0.2, 0.25) is 0 Å². The van der Waals surface area contributed by atoms with Crippen LogP contribution in [0.3, 0.4) is 0 Å². The number of amides is 1. The maximum atomic E-state index is 11.7. The topological polar surface area (TPSA) is 70.8 Å². The summed E-state index contributed by atoms with van der Waals surface area (Å²) in [7, 11) is 1.62. The molecule has 1 unspecified atom stereocenters. The second-order valence-corrected chi connectivity index (χ2v) is 5.83. The molecule has 7 heteroatoms. The first kappa shape index (κ1) is 18.3. The van der Waals surface area contributed by atoms with E-state index in [9.17, 15) is 4.79 Å². The fraction of sp³-hybridized carbons (Fsp3) is 0.857. The summed E-state index contributed by atoms with van der Waals surface area (Å²) in [4.78, 5) is 16.8. The van der Waals surface area contributed by atoms with E-state index < -0.39 is 0 Å². The second kappa shape index (κ2) is 10.0. The smallest absolute Gasteiger partial charge is 0.234 e. The molecule has 0 saturated carbocycles. The number of nitrogens with zero attached hydrogens (tertiary/aromatic N) is 2. The molecule has 1 atom stereocenters. The van der Waals surface area contributed by atoms with Crippen LogP contribution in [0.25, 0.3) is 0 Å². The van der Waals surface area contributed by atoms with Crippen molar-refractivity contribution in [2.45, 2.75) is 25.8 Å². The third kappa shape index (κ3) is 6.69. The van der Waals surface area contributed by atoms with Crippen molar-refractivity contribution in [1.29, 1.82) is 0 Å². The molecule has 1 heterocycles. The summed E-state index contributed by atoms with van der Waals surface area (Å²) >= 11 is 5.17. The van der Waals surface area contributed by atoms with Crippen LogP contribution in [0.4, 0.5) is 0 Å². The SMILES string of the molecule is CCCC(C(N)=S)N1CCN(CC(=O)NCCOC)CC1. The van der Waals surface area contributed by atoms with Gasteiger partial charge in [0, 0.05) is 39.8 Å². The fourth-order valence-corrected chi connectivity index (χ4v) is 2.83. The summed E-state index contributed by atoms with van der Waals surface area (Å²) in [6.45, 7) is 7.28. The van der Waals surface area contributed by atoms with Gasteiger partial charge in [0.05, 0.1) is 24.2 Å². The fourth-order valence-electron chi connectivity index (χ4n) is 2.56. The van der Waals surface area contributed by atoms with Gasteiger partial charge in [0.2, 0.25) is 5.91 Å². The number of hydrogen-bond donors (Lipinski definition) is 2. The number of hydrogen-bond acceptors (Lipinski definition) is 5. The Kier molecular flexibility index (Phi) is 8.75. The minimum absolute atomic E-state index is 0.0555. The van der Waals surface area contributed by atoms with Crippen molar-refractivity contribution >= 4 is 23.1 Å². The molecule has 6 nitrogen and oxygen atoms in total. The van der Waals surface area contributed by atoms with Gasteiger partial charge >= 0.3 is 0 Å². The average molecular weight is 316 g/mol. The molecule has 21 heavy (non-hydrogen) atoms. The van der Waals surface area contributed by atoms with Crippen molar-refractivity contribution in [3.8, 4) is 0 Å². The minimum Gasteiger partial charge on any atom is -0.392 e. The summed E-state index contributed by atoms with van der Waals surface area (Å²) in [6.07, 6.45) is 2.08. The van der Waals surface area contributed by atoms with Gasteiger partial charge < -0.3 is 15.8 Å². The standard InChI is InChI=1S/C14H28N4O2S/c1-3-4-12(14(15)21)18-8-6-17(7-9-18)11-13(19)16-5-10-20-2/h12H,3-11H2,1-2H3,(H2,15,21)(H,16,19). The lowest BCUT2D eigenvalue weighted by molar-refractivity contribution is -0.122. The van der Waals surface area contributed by atoms with Crippen LogP contribution in [-0.2, 0) is 9.53 Å². The van der Waals surface area contributed by atoms with Gasteiger partial charge in [0.15, 0.2) is 0 Å². The van der Waals surface area contributed by atoms with E-state index in [2.05, 4.69) is 22.0 Å². The highest BCUT2D eigenvalue weighted by Gasteiger charge is 2.25. The van der Waals surface area contributed by atoms with E-state index in [1.807, 2.05) is 0 Å². The maximum Gasteiger partial charge on any atom is 0.234 e. The third-order valence-electron chi connectivity index (χ3n) is 3.73. The Morgan fingerprint density at radius 3 is 2.57 bits per heavy atom. The van der Waals surface area contributed by atoms with Crippen molar-refractivity contribution in [3.05, 3.63) is 0 Å². The number of ether oxygens (including phenoxy) is 1. The molecule has 1 aliphatic rings.